The van der Waals surface area contributed by atoms with Crippen LogP contribution in [0.15, 0.2) is 24.3 Å². The summed E-state index contributed by atoms with van der Waals surface area (Å²) in [4.78, 5) is 11.1. The molecular weight excluding hydrogens is 209 g/mol. The molecule has 1 aromatic rings. The molecule has 1 aliphatic rings. The fraction of sp³-hybridized carbons (Fsp3) is 0.417. The quantitative estimate of drug-likeness (QED) is 0.796. The molecule has 1 aliphatic heterocycles. The second-order valence-corrected chi connectivity index (χ2v) is 4.45. The first kappa shape index (κ1) is 11.1. The lowest BCUT2D eigenvalue weighted by Crippen LogP contribution is -2.36. The van der Waals surface area contributed by atoms with Crippen molar-refractivity contribution in [2.45, 2.75) is 12.3 Å². The number of carboxylic acid groups (broad SMARTS) is 1. The lowest BCUT2D eigenvalue weighted by Gasteiger charge is -2.28. The Kier molecular flexibility index (Phi) is 2.68. The van der Waals surface area contributed by atoms with Crippen molar-refractivity contribution in [3.8, 4) is 0 Å². The van der Waals surface area contributed by atoms with Crippen LogP contribution in [-0.4, -0.2) is 24.2 Å². The van der Waals surface area contributed by atoms with Gasteiger partial charge in [0.1, 0.15) is 5.82 Å². The zero-order chi connectivity index (χ0) is 11.8. The fourth-order valence-electron chi connectivity index (χ4n) is 2.32. The van der Waals surface area contributed by atoms with Crippen LogP contribution in [0.3, 0.4) is 0 Å². The molecule has 1 fully saturated rings. The van der Waals surface area contributed by atoms with Gasteiger partial charge >= 0.3 is 5.97 Å². The normalized spacial score (nSPS) is 29.2. The number of benzene rings is 1. The fourth-order valence-corrected chi connectivity index (χ4v) is 2.32. The summed E-state index contributed by atoms with van der Waals surface area (Å²) in [6.07, 6.45) is 0. The van der Waals surface area contributed by atoms with Crippen LogP contribution in [0.2, 0.25) is 0 Å². The minimum atomic E-state index is -0.808. The monoisotopic (exact) mass is 223 g/mol. The van der Waals surface area contributed by atoms with E-state index in [0.717, 1.165) is 5.56 Å². The predicted molar refractivity (Wildman–Crippen MR) is 57.7 cm³/mol. The van der Waals surface area contributed by atoms with Crippen molar-refractivity contribution in [1.82, 2.24) is 5.32 Å². The van der Waals surface area contributed by atoms with E-state index < -0.39 is 17.3 Å². The molecule has 0 amide bonds. The largest absolute Gasteiger partial charge is 0.481 e. The molecule has 0 bridgehead atoms. The molecule has 0 spiro atoms. The average Bonchev–Trinajstić information content (AvgIpc) is 2.62. The molecular formula is C12H14FNO2. The first-order chi connectivity index (χ1) is 7.54. The first-order valence-corrected chi connectivity index (χ1v) is 5.23. The maximum absolute atomic E-state index is 12.8. The summed E-state index contributed by atoms with van der Waals surface area (Å²) in [6.45, 7) is 2.97. The lowest BCUT2D eigenvalue weighted by molar-refractivity contribution is -0.142. The van der Waals surface area contributed by atoms with Crippen molar-refractivity contribution in [1.29, 1.82) is 0 Å². The molecule has 0 aliphatic carbocycles. The smallest absolute Gasteiger partial charge is 0.308 e. The highest BCUT2D eigenvalue weighted by atomic mass is 19.1. The van der Waals surface area contributed by atoms with Crippen molar-refractivity contribution in [3.63, 3.8) is 0 Å². The van der Waals surface area contributed by atoms with Crippen LogP contribution in [0, 0.1) is 11.7 Å². The molecule has 0 saturated carbocycles. The average molecular weight is 223 g/mol. The minimum Gasteiger partial charge on any atom is -0.481 e. The Morgan fingerprint density at radius 1 is 1.50 bits per heavy atom. The Morgan fingerprint density at radius 3 is 2.69 bits per heavy atom. The highest BCUT2D eigenvalue weighted by Crippen LogP contribution is 2.35. The number of hydrogen-bond acceptors (Lipinski definition) is 2. The molecule has 4 heteroatoms. The Bertz CT molecular complexity index is 404. The van der Waals surface area contributed by atoms with Gasteiger partial charge in [0.2, 0.25) is 0 Å². The Hall–Kier alpha value is -1.42. The van der Waals surface area contributed by atoms with E-state index in [9.17, 15) is 9.18 Å². The lowest BCUT2D eigenvalue weighted by atomic mass is 9.74. The van der Waals surface area contributed by atoms with E-state index >= 15 is 0 Å². The maximum atomic E-state index is 12.8. The molecule has 16 heavy (non-hydrogen) atoms. The minimum absolute atomic E-state index is 0.301. The Balaban J connectivity index is 2.37. The zero-order valence-electron chi connectivity index (χ0n) is 9.03. The molecule has 1 saturated heterocycles. The summed E-state index contributed by atoms with van der Waals surface area (Å²) in [5.74, 6) is -1.57. The summed E-state index contributed by atoms with van der Waals surface area (Å²) in [5.41, 5.74) is 0.408. The molecule has 0 aromatic heterocycles. The molecule has 1 aromatic carbocycles. The number of rotatable bonds is 2. The van der Waals surface area contributed by atoms with Gasteiger partial charge in [-0.25, -0.2) is 4.39 Å². The van der Waals surface area contributed by atoms with Crippen LogP contribution in [0.25, 0.3) is 0 Å². The van der Waals surface area contributed by atoms with Gasteiger partial charge in [-0.05, 0) is 17.7 Å². The van der Waals surface area contributed by atoms with Crippen molar-refractivity contribution in [2.75, 3.05) is 13.1 Å². The van der Waals surface area contributed by atoms with Gasteiger partial charge in [-0.2, -0.15) is 0 Å². The van der Waals surface area contributed by atoms with Crippen LogP contribution in [0.4, 0.5) is 4.39 Å². The third-order valence-corrected chi connectivity index (χ3v) is 3.41. The van der Waals surface area contributed by atoms with Crippen molar-refractivity contribution in [2.24, 2.45) is 5.92 Å². The summed E-state index contributed by atoms with van der Waals surface area (Å²) in [7, 11) is 0. The van der Waals surface area contributed by atoms with Crippen LogP contribution in [0.5, 0.6) is 0 Å². The van der Waals surface area contributed by atoms with Crippen LogP contribution >= 0.6 is 0 Å². The topological polar surface area (TPSA) is 49.3 Å². The summed E-state index contributed by atoms with van der Waals surface area (Å²) in [6, 6.07) is 6.08. The van der Waals surface area contributed by atoms with Gasteiger partial charge in [0.05, 0.1) is 5.92 Å². The molecule has 0 radical (unpaired) electrons. The molecule has 3 nitrogen and oxygen atoms in total. The maximum Gasteiger partial charge on any atom is 0.308 e. The van der Waals surface area contributed by atoms with E-state index in [4.69, 9.17) is 5.11 Å². The number of nitrogens with one attached hydrogen (secondary N) is 1. The van der Waals surface area contributed by atoms with Gasteiger partial charge in [0.15, 0.2) is 0 Å². The van der Waals surface area contributed by atoms with E-state index in [1.54, 1.807) is 12.1 Å². The predicted octanol–water partition coefficient (Wildman–Crippen LogP) is 1.39. The van der Waals surface area contributed by atoms with Gasteiger partial charge in [-0.3, -0.25) is 4.79 Å². The molecule has 86 valence electrons. The van der Waals surface area contributed by atoms with Crippen LogP contribution in [-0.2, 0) is 10.2 Å². The number of carbonyl (C=O) groups is 1. The number of hydrogen-bond donors (Lipinski definition) is 2. The molecule has 1 heterocycles. The summed E-state index contributed by atoms with van der Waals surface area (Å²) < 4.78 is 12.8. The van der Waals surface area contributed by atoms with Crippen molar-refractivity contribution >= 4 is 5.97 Å². The van der Waals surface area contributed by atoms with E-state index in [1.807, 2.05) is 6.92 Å². The van der Waals surface area contributed by atoms with Gasteiger partial charge < -0.3 is 10.4 Å². The second kappa shape index (κ2) is 3.87. The summed E-state index contributed by atoms with van der Waals surface area (Å²) in [5, 5.41) is 12.2. The Labute approximate surface area is 93.3 Å². The second-order valence-electron chi connectivity index (χ2n) is 4.45. The van der Waals surface area contributed by atoms with Gasteiger partial charge in [-0.15, -0.1) is 0 Å². The highest BCUT2D eigenvalue weighted by Gasteiger charge is 2.44. The Morgan fingerprint density at radius 2 is 2.12 bits per heavy atom. The first-order valence-electron chi connectivity index (χ1n) is 5.23. The van der Waals surface area contributed by atoms with Crippen molar-refractivity contribution in [3.05, 3.63) is 35.6 Å². The van der Waals surface area contributed by atoms with Gasteiger partial charge in [0, 0.05) is 18.5 Å². The third kappa shape index (κ3) is 1.69. The van der Waals surface area contributed by atoms with E-state index in [2.05, 4.69) is 5.32 Å². The van der Waals surface area contributed by atoms with Crippen molar-refractivity contribution < 1.29 is 14.3 Å². The van der Waals surface area contributed by atoms with E-state index in [1.165, 1.54) is 12.1 Å². The van der Waals surface area contributed by atoms with Gasteiger partial charge in [0.25, 0.3) is 0 Å². The molecule has 2 N–H and O–H groups in total. The highest BCUT2D eigenvalue weighted by molar-refractivity contribution is 5.73. The zero-order valence-corrected chi connectivity index (χ0v) is 9.03. The van der Waals surface area contributed by atoms with Crippen LogP contribution < -0.4 is 5.32 Å². The molecule has 2 unspecified atom stereocenters. The summed E-state index contributed by atoms with van der Waals surface area (Å²) >= 11 is 0. The standard InChI is InChI=1S/C12H14FNO2/c1-12(7-14-6-10(12)11(15)16)8-2-4-9(13)5-3-8/h2-5,10,14H,6-7H2,1H3,(H,15,16). The molecule has 2 rings (SSSR count). The van der Waals surface area contributed by atoms with Crippen LogP contribution in [0.1, 0.15) is 12.5 Å². The third-order valence-electron chi connectivity index (χ3n) is 3.41. The number of aliphatic carboxylic acids is 1. The van der Waals surface area contributed by atoms with E-state index in [0.29, 0.717) is 13.1 Å². The SMILES string of the molecule is CC1(c2ccc(F)cc2)CNCC1C(=O)O. The number of carboxylic acids is 1. The number of halogens is 1. The van der Waals surface area contributed by atoms with Gasteiger partial charge in [-0.1, -0.05) is 19.1 Å². The molecule has 2 atom stereocenters. The van der Waals surface area contributed by atoms with E-state index in [-0.39, 0.29) is 5.82 Å².